The number of carbonyl (C=O) groups excluding carboxylic acids is 3. The van der Waals surface area contributed by atoms with Crippen LogP contribution in [0.15, 0.2) is 41.0 Å². The third-order valence-electron chi connectivity index (χ3n) is 10.7. The van der Waals surface area contributed by atoms with Crippen LogP contribution in [-0.2, 0) is 25.5 Å². The number of aliphatic carboxylic acids is 1. The van der Waals surface area contributed by atoms with E-state index in [1.165, 1.54) is 0 Å². The number of phenolic OH excluding ortho intramolecular Hbond substituents is 1. The summed E-state index contributed by atoms with van der Waals surface area (Å²) in [5, 5.41) is 24.0. The quantitative estimate of drug-likeness (QED) is 0.211. The van der Waals surface area contributed by atoms with Gasteiger partial charge in [-0.15, -0.1) is 0 Å². The van der Waals surface area contributed by atoms with Gasteiger partial charge in [0, 0.05) is 35.0 Å². The molecule has 3 aliphatic carbocycles. The summed E-state index contributed by atoms with van der Waals surface area (Å²) in [5.74, 6) is -3.03. The zero-order chi connectivity index (χ0) is 36.0. The van der Waals surface area contributed by atoms with Gasteiger partial charge in [-0.2, -0.15) is 0 Å². The van der Waals surface area contributed by atoms with E-state index in [4.69, 9.17) is 14.2 Å². The molecule has 1 aromatic rings. The van der Waals surface area contributed by atoms with E-state index in [1.54, 1.807) is 25.2 Å². The number of amides is 1. The minimum atomic E-state index is -1.67. The molecular weight excluding hydrogens is 626 g/mol. The molecule has 1 saturated carbocycles. The number of ketones is 2. The molecule has 262 valence electrons. The van der Waals surface area contributed by atoms with Gasteiger partial charge in [0.2, 0.25) is 5.91 Å². The van der Waals surface area contributed by atoms with Crippen LogP contribution < -0.4 is 14.8 Å². The molecule has 7 rings (SSSR count). The summed E-state index contributed by atoms with van der Waals surface area (Å²) < 4.78 is 20.4. The van der Waals surface area contributed by atoms with Crippen LogP contribution in [0.5, 0.6) is 17.2 Å². The van der Waals surface area contributed by atoms with Gasteiger partial charge in [-0.3, -0.25) is 14.4 Å². The first-order chi connectivity index (χ1) is 22.8. The second-order valence-electron chi connectivity index (χ2n) is 15.9. The van der Waals surface area contributed by atoms with Crippen LogP contribution in [-0.4, -0.2) is 62.1 Å². The molecule has 49 heavy (non-hydrogen) atoms. The van der Waals surface area contributed by atoms with E-state index in [0.29, 0.717) is 29.7 Å². The van der Waals surface area contributed by atoms with Crippen molar-refractivity contribution in [2.24, 2.45) is 17.8 Å². The van der Waals surface area contributed by atoms with Crippen molar-refractivity contribution in [1.82, 2.24) is 5.32 Å². The minimum absolute atomic E-state index is 0.0315. The molecule has 1 aromatic carbocycles. The Morgan fingerprint density at radius 3 is 2.39 bits per heavy atom. The highest BCUT2D eigenvalue weighted by atomic mass is 16.6. The highest BCUT2D eigenvalue weighted by Crippen LogP contribution is 2.68. The molecule has 1 unspecified atom stereocenters. The number of carboxylic acid groups (broad SMARTS) is 1. The summed E-state index contributed by atoms with van der Waals surface area (Å²) in [5.41, 5.74) is -2.29. The molecule has 0 aromatic heterocycles. The number of hydrogen-bond donors (Lipinski definition) is 3. The molecule has 1 amide bonds. The van der Waals surface area contributed by atoms with Gasteiger partial charge < -0.3 is 29.7 Å². The molecule has 6 aliphatic rings. The maximum atomic E-state index is 14.8. The van der Waals surface area contributed by atoms with Crippen molar-refractivity contribution in [2.75, 3.05) is 0 Å². The van der Waals surface area contributed by atoms with E-state index in [0.717, 1.165) is 5.57 Å². The number of benzene rings is 1. The number of rotatable bonds is 9. The Morgan fingerprint density at radius 1 is 1.06 bits per heavy atom. The monoisotopic (exact) mass is 673 g/mol. The number of aromatic hydroxyl groups is 1. The topological polar surface area (TPSA) is 148 Å². The standard InChI is InChI=1S/C39H47NO9/c1-19(2)10-11-24-31-23(13-14-36(6,7)47-31)29(41)28-30(42)25-17-22-18-27-37(8,9)49-38(33(22)43,39(25,27)48-32(24)28)15-12-21(5)34(44)40-26(35(45)46)16-20(3)4/h10,12-14,17,20,22,26-27,41H,11,15-16,18H2,1-9H3,(H,40,44)(H,45,46)/b21-12-/t22-,26-,27?,38+,39-/m0/s1. The summed E-state index contributed by atoms with van der Waals surface area (Å²) in [6.07, 6.45) is 9.80. The van der Waals surface area contributed by atoms with Crippen molar-refractivity contribution in [3.05, 3.63) is 57.7 Å². The fourth-order valence-electron chi connectivity index (χ4n) is 8.41. The zero-order valence-corrected chi connectivity index (χ0v) is 29.8. The van der Waals surface area contributed by atoms with Crippen molar-refractivity contribution >= 4 is 29.5 Å². The van der Waals surface area contributed by atoms with Crippen molar-refractivity contribution < 1.29 is 43.6 Å². The Morgan fingerprint density at radius 2 is 1.76 bits per heavy atom. The number of ether oxygens (including phenoxy) is 3. The number of carboxylic acids is 1. The van der Waals surface area contributed by atoms with E-state index in [9.17, 15) is 29.4 Å². The van der Waals surface area contributed by atoms with E-state index in [1.807, 2.05) is 67.5 Å². The van der Waals surface area contributed by atoms with E-state index < -0.39 is 57.9 Å². The summed E-state index contributed by atoms with van der Waals surface area (Å²) in [6.45, 7) is 16.8. The Bertz CT molecular complexity index is 1800. The van der Waals surface area contributed by atoms with Gasteiger partial charge in [-0.25, -0.2) is 4.79 Å². The first-order valence-corrected chi connectivity index (χ1v) is 17.1. The second kappa shape index (κ2) is 11.4. The largest absolute Gasteiger partial charge is 0.506 e. The summed E-state index contributed by atoms with van der Waals surface area (Å²) in [7, 11) is 0. The zero-order valence-electron chi connectivity index (χ0n) is 29.8. The fourth-order valence-corrected chi connectivity index (χ4v) is 8.41. The number of allylic oxidation sites excluding steroid dienone is 3. The van der Waals surface area contributed by atoms with Crippen molar-refractivity contribution in [2.45, 2.75) is 116 Å². The predicted octanol–water partition coefficient (Wildman–Crippen LogP) is 6.04. The van der Waals surface area contributed by atoms with Crippen LogP contribution in [0.4, 0.5) is 0 Å². The highest BCUT2D eigenvalue weighted by Gasteiger charge is 2.81. The van der Waals surface area contributed by atoms with E-state index in [2.05, 4.69) is 5.32 Å². The number of carbonyl (C=O) groups is 4. The first kappa shape index (κ1) is 34.7. The predicted molar refractivity (Wildman–Crippen MR) is 183 cm³/mol. The number of hydrogen-bond acceptors (Lipinski definition) is 8. The van der Waals surface area contributed by atoms with Gasteiger partial charge in [0.25, 0.3) is 0 Å². The van der Waals surface area contributed by atoms with Crippen LogP contribution in [0.25, 0.3) is 6.08 Å². The van der Waals surface area contributed by atoms with Crippen LogP contribution in [0, 0.1) is 17.8 Å². The van der Waals surface area contributed by atoms with Gasteiger partial charge >= 0.3 is 5.97 Å². The maximum Gasteiger partial charge on any atom is 0.326 e. The van der Waals surface area contributed by atoms with Crippen molar-refractivity contribution in [1.29, 1.82) is 0 Å². The van der Waals surface area contributed by atoms with Gasteiger partial charge in [-0.1, -0.05) is 37.6 Å². The Labute approximate surface area is 287 Å². The number of nitrogens with one attached hydrogen (secondary N) is 1. The van der Waals surface area contributed by atoms with Crippen LogP contribution in [0.3, 0.4) is 0 Å². The maximum absolute atomic E-state index is 14.8. The molecule has 10 nitrogen and oxygen atoms in total. The average Bonchev–Trinajstić information content (AvgIpc) is 3.15. The summed E-state index contributed by atoms with van der Waals surface area (Å²) >= 11 is 0. The lowest BCUT2D eigenvalue weighted by Crippen LogP contribution is -2.72. The van der Waals surface area contributed by atoms with Crippen LogP contribution in [0.2, 0.25) is 0 Å². The molecule has 4 bridgehead atoms. The van der Waals surface area contributed by atoms with Crippen molar-refractivity contribution in [3.63, 3.8) is 0 Å². The Hall–Kier alpha value is -4.18. The van der Waals surface area contributed by atoms with E-state index >= 15 is 0 Å². The lowest BCUT2D eigenvalue weighted by atomic mass is 9.51. The second-order valence-corrected chi connectivity index (χ2v) is 15.9. The normalized spacial score (nSPS) is 28.9. The fraction of sp³-hybridized carbons (Fsp3) is 0.538. The Kier molecular flexibility index (Phi) is 8.09. The molecule has 2 fully saturated rings. The van der Waals surface area contributed by atoms with E-state index in [-0.39, 0.29) is 52.8 Å². The lowest BCUT2D eigenvalue weighted by Gasteiger charge is -2.56. The van der Waals surface area contributed by atoms with Gasteiger partial charge in [-0.05, 0) is 85.8 Å². The third kappa shape index (κ3) is 5.16. The van der Waals surface area contributed by atoms with Gasteiger partial charge in [0.1, 0.15) is 34.5 Å². The lowest BCUT2D eigenvalue weighted by molar-refractivity contribution is -0.171. The highest BCUT2D eigenvalue weighted by molar-refractivity contribution is 6.19. The molecule has 1 saturated heterocycles. The average molecular weight is 674 g/mol. The van der Waals surface area contributed by atoms with Crippen molar-refractivity contribution in [3.8, 4) is 17.2 Å². The van der Waals surface area contributed by atoms with Gasteiger partial charge in [0.05, 0.1) is 11.2 Å². The number of fused-ring (bicyclic) bond motifs is 2. The minimum Gasteiger partial charge on any atom is -0.506 e. The third-order valence-corrected chi connectivity index (χ3v) is 10.7. The molecule has 5 atom stereocenters. The molecule has 3 N–H and O–H groups in total. The SMILES string of the molecule is CC(C)=CCc1c2c(c(O)c3c1O[C@@]14C(=C[C@H]5CC1C(C)(C)O[C@]4(C/C=C(/C)C(=O)N[C@@H](CC(C)C)C(=O)O)C5=O)C3=O)C=CC(C)(C)O2. The Balaban J connectivity index is 1.51. The molecule has 3 aliphatic heterocycles. The number of Topliss-reactive ketones (excluding diaryl/α,β-unsaturated/α-hetero) is 2. The first-order valence-electron chi connectivity index (χ1n) is 17.1. The molecule has 3 heterocycles. The molecule has 1 spiro atoms. The van der Waals surface area contributed by atoms with Crippen LogP contribution >= 0.6 is 0 Å². The van der Waals surface area contributed by atoms with Gasteiger partial charge in [0.15, 0.2) is 22.8 Å². The summed E-state index contributed by atoms with van der Waals surface area (Å²) in [6, 6.07) is -1.07. The molecular formula is C39H47NO9. The molecule has 0 radical (unpaired) electrons. The number of phenols is 1. The van der Waals surface area contributed by atoms with Crippen LogP contribution in [0.1, 0.15) is 103 Å². The smallest absolute Gasteiger partial charge is 0.326 e. The molecule has 10 heteroatoms. The summed E-state index contributed by atoms with van der Waals surface area (Å²) in [4.78, 5) is 54.4.